The van der Waals surface area contributed by atoms with Gasteiger partial charge in [0.25, 0.3) is 0 Å². The molecule has 7 nitrogen and oxygen atoms in total. The van der Waals surface area contributed by atoms with Crippen molar-refractivity contribution in [1.82, 2.24) is 5.32 Å². The van der Waals surface area contributed by atoms with Crippen LogP contribution < -0.4 is 14.8 Å². The molecule has 8 heteroatoms. The predicted octanol–water partition coefficient (Wildman–Crippen LogP) is 3.51. The molecule has 0 radical (unpaired) electrons. The predicted molar refractivity (Wildman–Crippen MR) is 121 cm³/mol. The molecule has 0 fully saturated rings. The van der Waals surface area contributed by atoms with Crippen molar-refractivity contribution in [2.45, 2.75) is 31.8 Å². The summed E-state index contributed by atoms with van der Waals surface area (Å²) in [6.45, 7) is 5.70. The van der Waals surface area contributed by atoms with Gasteiger partial charge < -0.3 is 19.5 Å². The summed E-state index contributed by atoms with van der Waals surface area (Å²) in [4.78, 5) is 37.4. The molecule has 0 unspecified atom stereocenters. The van der Waals surface area contributed by atoms with Gasteiger partial charge in [-0.05, 0) is 24.3 Å². The number of ether oxygens (including phenoxy) is 3. The molecule has 32 heavy (non-hydrogen) atoms. The van der Waals surface area contributed by atoms with Gasteiger partial charge in [-0.2, -0.15) is 0 Å². The number of amides is 1. The Morgan fingerprint density at radius 1 is 1.06 bits per heavy atom. The van der Waals surface area contributed by atoms with Gasteiger partial charge in [0.05, 0.1) is 17.9 Å². The van der Waals surface area contributed by atoms with E-state index < -0.39 is 11.4 Å². The second kappa shape index (κ2) is 10.5. The van der Waals surface area contributed by atoms with E-state index in [-0.39, 0.29) is 30.2 Å². The Morgan fingerprint density at radius 3 is 2.50 bits per heavy atom. The van der Waals surface area contributed by atoms with E-state index in [0.29, 0.717) is 35.1 Å². The number of thioether (sulfide) groups is 1. The fourth-order valence-corrected chi connectivity index (χ4v) is 3.64. The van der Waals surface area contributed by atoms with Gasteiger partial charge in [-0.3, -0.25) is 9.59 Å². The first-order valence-electron chi connectivity index (χ1n) is 10.3. The van der Waals surface area contributed by atoms with Gasteiger partial charge >= 0.3 is 5.97 Å². The zero-order valence-corrected chi connectivity index (χ0v) is 19.2. The zero-order chi connectivity index (χ0) is 23.1. The highest BCUT2D eigenvalue weighted by Crippen LogP contribution is 2.30. The Kier molecular flexibility index (Phi) is 7.80. The molecular formula is C24H27NO6S. The number of fused-ring (bicyclic) bond motifs is 1. The summed E-state index contributed by atoms with van der Waals surface area (Å²) in [6.07, 6.45) is -0.276. The van der Waals surface area contributed by atoms with E-state index in [1.54, 1.807) is 45.0 Å². The van der Waals surface area contributed by atoms with Crippen molar-refractivity contribution in [3.63, 3.8) is 0 Å². The third kappa shape index (κ3) is 6.50. The molecule has 0 bridgehead atoms. The second-order valence-corrected chi connectivity index (χ2v) is 9.35. The molecule has 1 atom stereocenters. The van der Waals surface area contributed by atoms with Crippen LogP contribution in [0.1, 0.15) is 31.1 Å². The Balaban J connectivity index is 1.48. The molecule has 2 aromatic carbocycles. The Morgan fingerprint density at radius 2 is 1.75 bits per heavy atom. The fraction of sp³-hybridized carbons (Fsp3) is 0.375. The van der Waals surface area contributed by atoms with Gasteiger partial charge in [-0.25, -0.2) is 4.79 Å². The third-order valence-corrected chi connectivity index (χ3v) is 5.80. The van der Waals surface area contributed by atoms with E-state index in [1.165, 1.54) is 11.8 Å². The van der Waals surface area contributed by atoms with Crippen LogP contribution in [-0.4, -0.2) is 49.3 Å². The molecule has 0 saturated carbocycles. The maximum atomic E-state index is 12.5. The number of para-hydroxylation sites is 2. The summed E-state index contributed by atoms with van der Waals surface area (Å²) < 4.78 is 16.7. The molecule has 3 rings (SSSR count). The molecule has 1 aliphatic heterocycles. The lowest BCUT2D eigenvalue weighted by Crippen LogP contribution is -2.41. The molecule has 2 aromatic rings. The Hall–Kier alpha value is -3.00. The molecule has 0 spiro atoms. The normalized spacial score (nSPS) is 15.0. The van der Waals surface area contributed by atoms with Gasteiger partial charge in [-0.15, -0.1) is 11.8 Å². The molecule has 1 amide bonds. The van der Waals surface area contributed by atoms with Crippen LogP contribution in [0.25, 0.3) is 0 Å². The highest BCUT2D eigenvalue weighted by Gasteiger charge is 2.24. The van der Waals surface area contributed by atoms with Crippen molar-refractivity contribution in [1.29, 1.82) is 0 Å². The molecule has 0 aromatic heterocycles. The van der Waals surface area contributed by atoms with Crippen LogP contribution in [0.15, 0.2) is 53.4 Å². The van der Waals surface area contributed by atoms with Gasteiger partial charge in [0, 0.05) is 10.3 Å². The van der Waals surface area contributed by atoms with E-state index in [0.717, 1.165) is 0 Å². The number of carbonyl (C=O) groups excluding carboxylic acids is 3. The van der Waals surface area contributed by atoms with E-state index in [2.05, 4.69) is 5.32 Å². The van der Waals surface area contributed by atoms with Crippen molar-refractivity contribution in [2.75, 3.05) is 25.5 Å². The van der Waals surface area contributed by atoms with Crippen LogP contribution in [0, 0.1) is 5.41 Å². The lowest BCUT2D eigenvalue weighted by Gasteiger charge is -2.26. The van der Waals surface area contributed by atoms with E-state index in [1.807, 2.05) is 24.3 Å². The highest BCUT2D eigenvalue weighted by molar-refractivity contribution is 8.00. The van der Waals surface area contributed by atoms with Gasteiger partial charge in [0.2, 0.25) is 5.91 Å². The molecule has 0 saturated heterocycles. The molecule has 1 N–H and O–H groups in total. The number of hydrogen-bond acceptors (Lipinski definition) is 7. The lowest BCUT2D eigenvalue weighted by atomic mass is 9.91. The first-order valence-corrected chi connectivity index (χ1v) is 11.3. The van der Waals surface area contributed by atoms with Crippen LogP contribution in [0.2, 0.25) is 0 Å². The van der Waals surface area contributed by atoms with Gasteiger partial charge in [0.15, 0.2) is 23.9 Å². The van der Waals surface area contributed by atoms with Crippen LogP contribution in [0.5, 0.6) is 11.5 Å². The number of ketones is 1. The minimum Gasteiger partial charge on any atom is -0.486 e. The summed E-state index contributed by atoms with van der Waals surface area (Å²) in [6, 6.07) is 14.3. The summed E-state index contributed by atoms with van der Waals surface area (Å²) in [7, 11) is 0. The average molecular weight is 458 g/mol. The fourth-order valence-electron chi connectivity index (χ4n) is 2.77. The van der Waals surface area contributed by atoms with E-state index in [4.69, 9.17) is 14.2 Å². The first-order chi connectivity index (χ1) is 15.2. The number of benzene rings is 2. The van der Waals surface area contributed by atoms with Gasteiger partial charge in [-0.1, -0.05) is 45.0 Å². The lowest BCUT2D eigenvalue weighted by molar-refractivity contribution is -0.129. The smallest absolute Gasteiger partial charge is 0.339 e. The summed E-state index contributed by atoms with van der Waals surface area (Å²) in [5.41, 5.74) is -0.255. The molecule has 1 heterocycles. The number of nitrogens with one attached hydrogen (secondary N) is 1. The van der Waals surface area contributed by atoms with Crippen LogP contribution in [0.3, 0.4) is 0 Å². The van der Waals surface area contributed by atoms with Crippen molar-refractivity contribution in [3.8, 4) is 11.5 Å². The van der Waals surface area contributed by atoms with E-state index >= 15 is 0 Å². The summed E-state index contributed by atoms with van der Waals surface area (Å²) >= 11 is 1.23. The average Bonchev–Trinajstić information content (AvgIpc) is 2.79. The number of Topliss-reactive ketones (excluding diaryl/α,β-unsaturated/α-hetero) is 1. The first kappa shape index (κ1) is 23.7. The maximum Gasteiger partial charge on any atom is 0.339 e. The summed E-state index contributed by atoms with van der Waals surface area (Å²) in [5.74, 6) is 0.533. The van der Waals surface area contributed by atoms with Crippen molar-refractivity contribution in [3.05, 3.63) is 54.1 Å². The van der Waals surface area contributed by atoms with Crippen LogP contribution >= 0.6 is 11.8 Å². The quantitative estimate of drug-likeness (QED) is 0.479. The number of esters is 1. The van der Waals surface area contributed by atoms with Gasteiger partial charge in [0.1, 0.15) is 12.7 Å². The topological polar surface area (TPSA) is 90.9 Å². The largest absolute Gasteiger partial charge is 0.486 e. The van der Waals surface area contributed by atoms with Crippen molar-refractivity contribution >= 4 is 29.4 Å². The second-order valence-electron chi connectivity index (χ2n) is 8.34. The van der Waals surface area contributed by atoms with Crippen LogP contribution in [0.4, 0.5) is 0 Å². The molecule has 0 aliphatic carbocycles. The Bertz CT molecular complexity index is 984. The highest BCUT2D eigenvalue weighted by atomic mass is 32.2. The number of hydrogen-bond donors (Lipinski definition) is 1. The van der Waals surface area contributed by atoms with Crippen LogP contribution in [-0.2, 0) is 14.3 Å². The zero-order valence-electron chi connectivity index (χ0n) is 18.4. The van der Waals surface area contributed by atoms with E-state index in [9.17, 15) is 14.4 Å². The minimum atomic E-state index is -0.586. The monoisotopic (exact) mass is 457 g/mol. The Labute approximate surface area is 191 Å². The minimum absolute atomic E-state index is 0.120. The molecular weight excluding hydrogens is 430 g/mol. The van der Waals surface area contributed by atoms with Crippen molar-refractivity contribution < 1.29 is 28.6 Å². The maximum absolute atomic E-state index is 12.5. The summed E-state index contributed by atoms with van der Waals surface area (Å²) in [5, 5.41) is 2.83. The number of rotatable bonds is 8. The standard InChI is InChI=1S/C24H27NO6S/c1-24(2,3)21(26)14-30-23(28)17-8-4-7-11-20(17)32-15-22(27)25-12-16-13-29-18-9-5-6-10-19(18)31-16/h4-11,16H,12-15H2,1-3H3,(H,25,27)/t16-/m0/s1. The molecule has 1 aliphatic rings. The molecule has 170 valence electrons. The third-order valence-electron chi connectivity index (χ3n) is 4.73. The number of carbonyl (C=O) groups is 3. The SMILES string of the molecule is CC(C)(C)C(=O)COC(=O)c1ccccc1SCC(=O)NC[C@H]1COc2ccccc2O1. The van der Waals surface area contributed by atoms with Crippen molar-refractivity contribution in [2.24, 2.45) is 5.41 Å².